The van der Waals surface area contributed by atoms with Gasteiger partial charge in [0.15, 0.2) is 6.10 Å². The summed E-state index contributed by atoms with van der Waals surface area (Å²) in [6.45, 7) is 11.3. The van der Waals surface area contributed by atoms with Crippen LogP contribution in [0.1, 0.15) is 253 Å². The minimum atomic E-state index is -0.760. The van der Waals surface area contributed by atoms with Crippen molar-refractivity contribution in [2.24, 2.45) is 11.8 Å². The van der Waals surface area contributed by atoms with Crippen LogP contribution in [0.3, 0.4) is 0 Å². The number of carbonyl (C=O) groups is 3. The number of ether oxygens (including phenoxy) is 3. The van der Waals surface area contributed by atoms with Crippen molar-refractivity contribution >= 4 is 17.9 Å². The molecule has 0 N–H and O–H groups in total. The molecule has 0 fully saturated rings. The molecule has 0 bridgehead atoms. The Labute approximate surface area is 329 Å². The molecule has 0 aromatic heterocycles. The molecular formula is C47H90O6. The summed E-state index contributed by atoms with van der Waals surface area (Å²) < 4.78 is 16.7. The first-order valence-corrected chi connectivity index (χ1v) is 23.3. The molecule has 6 heteroatoms. The average molecular weight is 751 g/mol. The minimum Gasteiger partial charge on any atom is -0.462 e. The van der Waals surface area contributed by atoms with Gasteiger partial charge >= 0.3 is 17.9 Å². The molecule has 0 rings (SSSR count). The fourth-order valence-corrected chi connectivity index (χ4v) is 6.90. The lowest BCUT2D eigenvalue weighted by Gasteiger charge is -2.18. The Kier molecular flexibility index (Phi) is 38.9. The Morgan fingerprint density at radius 2 is 0.717 bits per heavy atom. The van der Waals surface area contributed by atoms with Crippen LogP contribution in [0.2, 0.25) is 0 Å². The van der Waals surface area contributed by atoms with Crippen molar-refractivity contribution in [2.75, 3.05) is 13.2 Å². The highest BCUT2D eigenvalue weighted by atomic mass is 16.6. The Bertz CT molecular complexity index is 811. The molecule has 0 aliphatic rings. The molecule has 0 aromatic carbocycles. The van der Waals surface area contributed by atoms with Crippen LogP contribution >= 0.6 is 0 Å². The molecule has 53 heavy (non-hydrogen) atoms. The van der Waals surface area contributed by atoms with Crippen molar-refractivity contribution in [1.29, 1.82) is 0 Å². The lowest BCUT2D eigenvalue weighted by Crippen LogP contribution is -2.30. The molecule has 0 saturated carbocycles. The van der Waals surface area contributed by atoms with Gasteiger partial charge in [0, 0.05) is 19.3 Å². The zero-order valence-electron chi connectivity index (χ0n) is 36.1. The van der Waals surface area contributed by atoms with Crippen molar-refractivity contribution in [3.8, 4) is 0 Å². The molecule has 0 heterocycles. The van der Waals surface area contributed by atoms with Gasteiger partial charge in [-0.15, -0.1) is 0 Å². The predicted octanol–water partition coefficient (Wildman–Crippen LogP) is 14.6. The normalized spacial score (nSPS) is 12.6. The smallest absolute Gasteiger partial charge is 0.306 e. The highest BCUT2D eigenvalue weighted by molar-refractivity contribution is 5.71. The maximum Gasteiger partial charge on any atom is 0.306 e. The quantitative estimate of drug-likeness (QED) is 0.0352. The third-order valence-electron chi connectivity index (χ3n) is 10.8. The first-order chi connectivity index (χ1) is 25.8. The van der Waals surface area contributed by atoms with Gasteiger partial charge in [-0.25, -0.2) is 0 Å². The Morgan fingerprint density at radius 1 is 0.396 bits per heavy atom. The number of esters is 3. The second kappa shape index (κ2) is 40.1. The van der Waals surface area contributed by atoms with E-state index in [1.807, 2.05) is 0 Å². The molecule has 0 aromatic rings. The monoisotopic (exact) mass is 751 g/mol. The second-order valence-electron chi connectivity index (χ2n) is 16.8. The molecule has 314 valence electrons. The standard InChI is InChI=1S/C47H90O6/c1-6-8-9-10-11-12-16-22-27-32-37-45(48)51-40-44(41-52-46(49)38-33-28-23-19-18-21-26-31-36-43(5)7-2)53-47(50)39-34-29-24-17-14-13-15-20-25-30-35-42(3)4/h42-44H,6-41H2,1-5H3/t43?,44-/m1/s1. The maximum absolute atomic E-state index is 12.7. The zero-order valence-corrected chi connectivity index (χ0v) is 36.1. The van der Waals surface area contributed by atoms with Gasteiger partial charge < -0.3 is 14.2 Å². The second-order valence-corrected chi connectivity index (χ2v) is 16.8. The molecule has 2 atom stereocenters. The van der Waals surface area contributed by atoms with Gasteiger partial charge in [0.05, 0.1) is 0 Å². The van der Waals surface area contributed by atoms with Gasteiger partial charge in [-0.1, -0.05) is 214 Å². The number of carbonyl (C=O) groups excluding carboxylic acids is 3. The van der Waals surface area contributed by atoms with E-state index in [1.54, 1.807) is 0 Å². The first-order valence-electron chi connectivity index (χ1n) is 23.3. The number of hydrogen-bond acceptors (Lipinski definition) is 6. The Hall–Kier alpha value is -1.59. The van der Waals surface area contributed by atoms with E-state index in [1.165, 1.54) is 141 Å². The van der Waals surface area contributed by atoms with Gasteiger partial charge in [0.1, 0.15) is 13.2 Å². The molecule has 6 nitrogen and oxygen atoms in total. The van der Waals surface area contributed by atoms with Crippen LogP contribution in [0.25, 0.3) is 0 Å². The molecule has 0 aliphatic carbocycles. The van der Waals surface area contributed by atoms with Crippen LogP contribution in [0.4, 0.5) is 0 Å². The van der Waals surface area contributed by atoms with Crippen LogP contribution in [-0.4, -0.2) is 37.2 Å². The summed E-state index contributed by atoms with van der Waals surface area (Å²) in [5.74, 6) is 0.805. The molecule has 0 spiro atoms. The van der Waals surface area contributed by atoms with E-state index in [0.29, 0.717) is 19.3 Å². The van der Waals surface area contributed by atoms with Crippen molar-refractivity contribution in [3.05, 3.63) is 0 Å². The van der Waals surface area contributed by atoms with Crippen LogP contribution in [0.15, 0.2) is 0 Å². The lowest BCUT2D eigenvalue weighted by molar-refractivity contribution is -0.167. The molecule has 0 amide bonds. The number of rotatable bonds is 41. The van der Waals surface area contributed by atoms with E-state index in [9.17, 15) is 14.4 Å². The van der Waals surface area contributed by atoms with Crippen LogP contribution < -0.4 is 0 Å². The van der Waals surface area contributed by atoms with Gasteiger partial charge in [-0.05, 0) is 31.1 Å². The van der Waals surface area contributed by atoms with Crippen molar-refractivity contribution in [1.82, 2.24) is 0 Å². The molecule has 1 unspecified atom stereocenters. The summed E-state index contributed by atoms with van der Waals surface area (Å²) in [6.07, 6.45) is 37.9. The third-order valence-corrected chi connectivity index (χ3v) is 10.8. The summed E-state index contributed by atoms with van der Waals surface area (Å²) >= 11 is 0. The largest absolute Gasteiger partial charge is 0.462 e. The summed E-state index contributed by atoms with van der Waals surface area (Å²) in [6, 6.07) is 0. The zero-order chi connectivity index (χ0) is 39.0. The summed E-state index contributed by atoms with van der Waals surface area (Å²) in [5, 5.41) is 0. The van der Waals surface area contributed by atoms with Crippen LogP contribution in [-0.2, 0) is 28.6 Å². The first kappa shape index (κ1) is 51.4. The van der Waals surface area contributed by atoms with E-state index >= 15 is 0 Å². The maximum atomic E-state index is 12.7. The summed E-state index contributed by atoms with van der Waals surface area (Å²) in [5.41, 5.74) is 0. The number of unbranched alkanes of at least 4 members (excludes halogenated alkanes) is 25. The summed E-state index contributed by atoms with van der Waals surface area (Å²) in [7, 11) is 0. The van der Waals surface area contributed by atoms with Crippen molar-refractivity contribution < 1.29 is 28.6 Å². The summed E-state index contributed by atoms with van der Waals surface area (Å²) in [4.78, 5) is 37.7. The van der Waals surface area contributed by atoms with E-state index in [2.05, 4.69) is 34.6 Å². The van der Waals surface area contributed by atoms with Gasteiger partial charge in [-0.3, -0.25) is 14.4 Å². The highest BCUT2D eigenvalue weighted by Gasteiger charge is 2.19. The fourth-order valence-electron chi connectivity index (χ4n) is 6.90. The van der Waals surface area contributed by atoms with Crippen LogP contribution in [0, 0.1) is 11.8 Å². The lowest BCUT2D eigenvalue weighted by atomic mass is 9.99. The van der Waals surface area contributed by atoms with Gasteiger partial charge in [0.25, 0.3) is 0 Å². The molecule has 0 radical (unpaired) electrons. The van der Waals surface area contributed by atoms with E-state index in [-0.39, 0.29) is 31.1 Å². The highest BCUT2D eigenvalue weighted by Crippen LogP contribution is 2.17. The molecular weight excluding hydrogens is 661 g/mol. The third kappa shape index (κ3) is 39.9. The number of hydrogen-bond donors (Lipinski definition) is 0. The predicted molar refractivity (Wildman–Crippen MR) is 224 cm³/mol. The fraction of sp³-hybridized carbons (Fsp3) is 0.936. The van der Waals surface area contributed by atoms with E-state index < -0.39 is 6.10 Å². The van der Waals surface area contributed by atoms with Crippen LogP contribution in [0.5, 0.6) is 0 Å². The van der Waals surface area contributed by atoms with E-state index in [0.717, 1.165) is 69.6 Å². The molecule has 0 aliphatic heterocycles. The van der Waals surface area contributed by atoms with Gasteiger partial charge in [0.2, 0.25) is 0 Å². The van der Waals surface area contributed by atoms with E-state index in [4.69, 9.17) is 14.2 Å². The van der Waals surface area contributed by atoms with Crippen molar-refractivity contribution in [3.63, 3.8) is 0 Å². The Balaban J connectivity index is 4.34. The minimum absolute atomic E-state index is 0.0650. The topological polar surface area (TPSA) is 78.9 Å². The van der Waals surface area contributed by atoms with Gasteiger partial charge in [-0.2, -0.15) is 0 Å². The van der Waals surface area contributed by atoms with Crippen molar-refractivity contribution in [2.45, 2.75) is 259 Å². The SMILES string of the molecule is CCCCCCCCCCCCC(=O)OC[C@H](COC(=O)CCCCCCCCCCC(C)CC)OC(=O)CCCCCCCCCCCCC(C)C. The molecule has 0 saturated heterocycles. The Morgan fingerprint density at radius 3 is 1.08 bits per heavy atom. The average Bonchev–Trinajstić information content (AvgIpc) is 3.14.